The third-order valence-corrected chi connectivity index (χ3v) is 3.00. The van der Waals surface area contributed by atoms with Crippen LogP contribution in [0, 0.1) is 0 Å². The summed E-state index contributed by atoms with van der Waals surface area (Å²) in [4.78, 5) is 0. The number of ether oxygens (including phenoxy) is 2. The van der Waals surface area contributed by atoms with Gasteiger partial charge < -0.3 is 9.47 Å². The first kappa shape index (κ1) is 10.4. The lowest BCUT2D eigenvalue weighted by Gasteiger charge is -2.36. The molecule has 0 aromatic rings. The van der Waals surface area contributed by atoms with Crippen molar-refractivity contribution >= 4 is 0 Å². The minimum Gasteiger partial charge on any atom is -0.348 e. The molecule has 0 amide bonds. The molecule has 0 aromatic heterocycles. The quantitative estimate of drug-likeness (QED) is 0.667. The number of rotatable bonds is 2. The second-order valence-corrected chi connectivity index (χ2v) is 4.41. The highest BCUT2D eigenvalue weighted by atomic mass is 16.7. The van der Waals surface area contributed by atoms with E-state index in [0.29, 0.717) is 6.04 Å². The molecule has 1 spiro atoms. The first-order valence-corrected chi connectivity index (χ1v) is 5.42. The van der Waals surface area contributed by atoms with Crippen LogP contribution in [-0.2, 0) is 9.47 Å². The topological polar surface area (TPSA) is 33.7 Å². The molecular formula is C10H20N2O2. The van der Waals surface area contributed by atoms with E-state index in [1.165, 1.54) is 0 Å². The number of hydrogen-bond acceptors (Lipinski definition) is 4. The van der Waals surface area contributed by atoms with E-state index >= 15 is 0 Å². The van der Waals surface area contributed by atoms with Crippen LogP contribution in [0.15, 0.2) is 0 Å². The Labute approximate surface area is 85.5 Å². The Hall–Kier alpha value is -0.160. The predicted molar refractivity (Wildman–Crippen MR) is 53.7 cm³/mol. The minimum absolute atomic E-state index is 0.218. The molecule has 0 aromatic carbocycles. The molecule has 0 bridgehead atoms. The first-order valence-electron chi connectivity index (χ1n) is 5.42. The van der Waals surface area contributed by atoms with Gasteiger partial charge in [0.25, 0.3) is 0 Å². The molecule has 0 radical (unpaired) electrons. The van der Waals surface area contributed by atoms with Gasteiger partial charge in [-0.2, -0.15) is 0 Å². The van der Waals surface area contributed by atoms with Crippen molar-refractivity contribution < 1.29 is 9.47 Å². The standard InChI is InChI=1S/C10H20N2O2/c1-12(2)11-9-3-5-10(6-4-9)13-7-8-14-10/h9,11H,3-8H2,1-2H3. The molecule has 2 fully saturated rings. The van der Waals surface area contributed by atoms with Gasteiger partial charge >= 0.3 is 0 Å². The number of hydrogen-bond donors (Lipinski definition) is 1. The van der Waals surface area contributed by atoms with Gasteiger partial charge in [-0.1, -0.05) is 0 Å². The summed E-state index contributed by atoms with van der Waals surface area (Å²) in [5, 5.41) is 2.03. The first-order chi connectivity index (χ1) is 6.70. The van der Waals surface area contributed by atoms with E-state index in [4.69, 9.17) is 9.47 Å². The van der Waals surface area contributed by atoms with Gasteiger partial charge in [0.05, 0.1) is 13.2 Å². The van der Waals surface area contributed by atoms with Gasteiger partial charge in [0.15, 0.2) is 5.79 Å². The van der Waals surface area contributed by atoms with E-state index in [2.05, 4.69) is 5.43 Å². The molecule has 14 heavy (non-hydrogen) atoms. The number of hydrazine groups is 1. The van der Waals surface area contributed by atoms with Crippen molar-refractivity contribution in [2.24, 2.45) is 0 Å². The van der Waals surface area contributed by atoms with Gasteiger partial charge in [0.1, 0.15) is 0 Å². The molecule has 4 heteroatoms. The molecule has 2 rings (SSSR count). The fraction of sp³-hybridized carbons (Fsp3) is 1.00. The van der Waals surface area contributed by atoms with Crippen molar-refractivity contribution in [1.82, 2.24) is 10.4 Å². The van der Waals surface area contributed by atoms with Gasteiger partial charge in [-0.25, -0.2) is 0 Å². The fourth-order valence-corrected chi connectivity index (χ4v) is 2.34. The summed E-state index contributed by atoms with van der Waals surface area (Å²) in [6.07, 6.45) is 4.33. The van der Waals surface area contributed by atoms with Crippen molar-refractivity contribution in [1.29, 1.82) is 0 Å². The highest BCUT2D eigenvalue weighted by Crippen LogP contribution is 2.35. The monoisotopic (exact) mass is 200 g/mol. The predicted octanol–water partition coefficient (Wildman–Crippen LogP) is 0.738. The number of nitrogens with one attached hydrogen (secondary N) is 1. The van der Waals surface area contributed by atoms with Crippen molar-refractivity contribution in [3.63, 3.8) is 0 Å². The zero-order chi connectivity index (χ0) is 10.0. The molecular weight excluding hydrogens is 180 g/mol. The molecule has 4 nitrogen and oxygen atoms in total. The van der Waals surface area contributed by atoms with Crippen LogP contribution in [-0.4, -0.2) is 44.1 Å². The van der Waals surface area contributed by atoms with Gasteiger partial charge in [0, 0.05) is 33.0 Å². The van der Waals surface area contributed by atoms with Gasteiger partial charge in [-0.3, -0.25) is 10.4 Å². The van der Waals surface area contributed by atoms with E-state index in [9.17, 15) is 0 Å². The van der Waals surface area contributed by atoms with Gasteiger partial charge in [-0.15, -0.1) is 0 Å². The van der Waals surface area contributed by atoms with E-state index in [1.54, 1.807) is 0 Å². The normalized spacial score (nSPS) is 27.6. The third kappa shape index (κ3) is 2.25. The lowest BCUT2D eigenvalue weighted by Crippen LogP contribution is -2.46. The molecule has 1 saturated heterocycles. The van der Waals surface area contributed by atoms with Crippen LogP contribution in [0.25, 0.3) is 0 Å². The third-order valence-electron chi connectivity index (χ3n) is 3.00. The average Bonchev–Trinajstić information content (AvgIpc) is 2.58. The maximum Gasteiger partial charge on any atom is 0.168 e. The zero-order valence-electron chi connectivity index (χ0n) is 9.08. The Kier molecular flexibility index (Phi) is 3.07. The average molecular weight is 200 g/mol. The Morgan fingerprint density at radius 2 is 1.71 bits per heavy atom. The largest absolute Gasteiger partial charge is 0.348 e. The van der Waals surface area contributed by atoms with Crippen molar-refractivity contribution in [3.05, 3.63) is 0 Å². The Bertz CT molecular complexity index is 181. The summed E-state index contributed by atoms with van der Waals surface area (Å²) in [5.74, 6) is -0.218. The summed E-state index contributed by atoms with van der Waals surface area (Å²) in [6, 6.07) is 0.587. The zero-order valence-corrected chi connectivity index (χ0v) is 9.08. The van der Waals surface area contributed by atoms with Gasteiger partial charge in [-0.05, 0) is 12.8 Å². The Morgan fingerprint density at radius 3 is 2.21 bits per heavy atom. The highest BCUT2D eigenvalue weighted by molar-refractivity contribution is 4.84. The second kappa shape index (κ2) is 4.14. The molecule has 0 atom stereocenters. The fourth-order valence-electron chi connectivity index (χ4n) is 2.34. The van der Waals surface area contributed by atoms with Crippen LogP contribution in [0.5, 0.6) is 0 Å². The summed E-state index contributed by atoms with van der Waals surface area (Å²) < 4.78 is 11.3. The van der Waals surface area contributed by atoms with E-state index in [0.717, 1.165) is 38.9 Å². The molecule has 1 aliphatic heterocycles. The minimum atomic E-state index is -0.218. The molecule has 1 saturated carbocycles. The summed E-state index contributed by atoms with van der Waals surface area (Å²) in [7, 11) is 4.07. The van der Waals surface area contributed by atoms with Crippen molar-refractivity contribution in [2.75, 3.05) is 27.3 Å². The lowest BCUT2D eigenvalue weighted by molar-refractivity contribution is -0.180. The highest BCUT2D eigenvalue weighted by Gasteiger charge is 2.40. The molecule has 2 aliphatic rings. The van der Waals surface area contributed by atoms with E-state index in [1.807, 2.05) is 19.1 Å². The summed E-state index contributed by atoms with van der Waals surface area (Å²) in [5.41, 5.74) is 3.41. The molecule has 1 N–H and O–H groups in total. The Morgan fingerprint density at radius 1 is 1.14 bits per heavy atom. The van der Waals surface area contributed by atoms with Crippen LogP contribution >= 0.6 is 0 Å². The van der Waals surface area contributed by atoms with Crippen LogP contribution in [0.2, 0.25) is 0 Å². The summed E-state index contributed by atoms with van der Waals surface area (Å²) in [6.45, 7) is 1.54. The lowest BCUT2D eigenvalue weighted by atomic mass is 9.90. The second-order valence-electron chi connectivity index (χ2n) is 4.41. The molecule has 82 valence electrons. The molecule has 1 aliphatic carbocycles. The van der Waals surface area contributed by atoms with Gasteiger partial charge in [0.2, 0.25) is 0 Å². The SMILES string of the molecule is CN(C)NC1CCC2(CC1)OCCO2. The maximum atomic E-state index is 5.67. The van der Waals surface area contributed by atoms with Crippen molar-refractivity contribution in [2.45, 2.75) is 37.5 Å². The number of nitrogens with zero attached hydrogens (tertiary/aromatic N) is 1. The van der Waals surface area contributed by atoms with E-state index in [-0.39, 0.29) is 5.79 Å². The Balaban J connectivity index is 1.79. The van der Waals surface area contributed by atoms with Crippen LogP contribution in [0.1, 0.15) is 25.7 Å². The smallest absolute Gasteiger partial charge is 0.168 e. The molecule has 0 unspecified atom stereocenters. The van der Waals surface area contributed by atoms with E-state index < -0.39 is 0 Å². The van der Waals surface area contributed by atoms with Crippen LogP contribution in [0.4, 0.5) is 0 Å². The molecule has 1 heterocycles. The van der Waals surface area contributed by atoms with Crippen molar-refractivity contribution in [3.8, 4) is 0 Å². The van der Waals surface area contributed by atoms with Crippen LogP contribution < -0.4 is 5.43 Å². The summed E-state index contributed by atoms with van der Waals surface area (Å²) >= 11 is 0. The maximum absolute atomic E-state index is 5.67. The van der Waals surface area contributed by atoms with Crippen LogP contribution in [0.3, 0.4) is 0 Å².